The monoisotopic (exact) mass is 414 g/mol. The Balaban J connectivity index is 1.74. The van der Waals surface area contributed by atoms with Gasteiger partial charge < -0.3 is 5.32 Å². The fourth-order valence-electron chi connectivity index (χ4n) is 3.52. The van der Waals surface area contributed by atoms with Gasteiger partial charge in [-0.2, -0.15) is 0 Å². The Morgan fingerprint density at radius 3 is 2.38 bits per heavy atom. The fraction of sp³-hybridized carbons (Fsp3) is 0.435. The van der Waals surface area contributed by atoms with E-state index in [9.17, 15) is 13.2 Å². The highest BCUT2D eigenvalue weighted by atomic mass is 32.2. The predicted octanol–water partition coefficient (Wildman–Crippen LogP) is 4.41. The molecule has 1 aliphatic rings. The molecule has 1 amide bonds. The van der Waals surface area contributed by atoms with Crippen LogP contribution < -0.4 is 9.62 Å². The van der Waals surface area contributed by atoms with Crippen LogP contribution in [0.25, 0.3) is 0 Å². The summed E-state index contributed by atoms with van der Waals surface area (Å²) < 4.78 is 26.1. The number of nitrogens with zero attached hydrogens (tertiary/aromatic N) is 1. The summed E-state index contributed by atoms with van der Waals surface area (Å²) in [5, 5.41) is 3.01. The van der Waals surface area contributed by atoms with Crippen LogP contribution in [0.15, 0.2) is 48.5 Å². The molecule has 2 aromatic rings. The largest absolute Gasteiger partial charge is 0.346 e. The summed E-state index contributed by atoms with van der Waals surface area (Å²) in [5.41, 5.74) is 3.37. The van der Waals surface area contributed by atoms with E-state index in [0.717, 1.165) is 12.0 Å². The van der Waals surface area contributed by atoms with Crippen molar-refractivity contribution in [2.75, 3.05) is 16.6 Å². The van der Waals surface area contributed by atoms with Crippen molar-refractivity contribution < 1.29 is 13.2 Å². The minimum absolute atomic E-state index is 0.0836. The first-order valence-corrected chi connectivity index (χ1v) is 11.7. The van der Waals surface area contributed by atoms with Gasteiger partial charge in [0.15, 0.2) is 0 Å². The molecule has 6 heteroatoms. The number of hydrogen-bond donors (Lipinski definition) is 1. The molecule has 0 saturated carbocycles. The van der Waals surface area contributed by atoms with Crippen LogP contribution in [0.5, 0.6) is 0 Å². The van der Waals surface area contributed by atoms with Crippen LogP contribution in [0.1, 0.15) is 68.1 Å². The average molecular weight is 415 g/mol. The highest BCUT2D eigenvalue weighted by Crippen LogP contribution is 2.26. The molecule has 1 fully saturated rings. The molecule has 3 rings (SSSR count). The number of anilines is 1. The Hall–Kier alpha value is -2.34. The maximum absolute atomic E-state index is 12.8. The molecule has 156 valence electrons. The molecule has 1 atom stereocenters. The lowest BCUT2D eigenvalue weighted by Gasteiger charge is -2.28. The molecule has 1 aliphatic heterocycles. The summed E-state index contributed by atoms with van der Waals surface area (Å²) in [6, 6.07) is 15.0. The number of benzene rings is 2. The molecule has 1 N–H and O–H groups in total. The van der Waals surface area contributed by atoms with E-state index in [4.69, 9.17) is 0 Å². The maximum Gasteiger partial charge on any atom is 0.251 e. The molecule has 2 aromatic carbocycles. The van der Waals surface area contributed by atoms with Crippen molar-refractivity contribution >= 4 is 21.6 Å². The van der Waals surface area contributed by atoms with Crippen molar-refractivity contribution in [1.82, 2.24) is 5.32 Å². The Morgan fingerprint density at radius 1 is 1.07 bits per heavy atom. The van der Waals surface area contributed by atoms with Crippen LogP contribution in [0.3, 0.4) is 0 Å². The second kappa shape index (κ2) is 8.19. The normalized spacial score (nSPS) is 17.6. The fourth-order valence-corrected chi connectivity index (χ4v) is 5.15. The lowest BCUT2D eigenvalue weighted by molar-refractivity contribution is 0.0940. The third-order valence-corrected chi connectivity index (χ3v) is 7.24. The van der Waals surface area contributed by atoms with Gasteiger partial charge in [0, 0.05) is 12.1 Å². The van der Waals surface area contributed by atoms with Gasteiger partial charge in [-0.3, -0.25) is 9.10 Å². The molecular formula is C23H30N2O3S. The average Bonchev–Trinajstić information content (AvgIpc) is 2.67. The van der Waals surface area contributed by atoms with E-state index >= 15 is 0 Å². The lowest BCUT2D eigenvalue weighted by atomic mass is 9.86. The van der Waals surface area contributed by atoms with Crippen LogP contribution in [0, 0.1) is 0 Å². The minimum atomic E-state index is -3.30. The van der Waals surface area contributed by atoms with Gasteiger partial charge in [0.1, 0.15) is 0 Å². The molecule has 0 aromatic heterocycles. The lowest BCUT2D eigenvalue weighted by Crippen LogP contribution is -2.38. The zero-order valence-corrected chi connectivity index (χ0v) is 18.4. The third kappa shape index (κ3) is 4.99. The topological polar surface area (TPSA) is 66.5 Å². The van der Waals surface area contributed by atoms with Gasteiger partial charge in [-0.1, -0.05) is 51.1 Å². The standard InChI is InChI=1S/C23H30N2O3S/c1-17(18-10-12-20(13-11-18)23(2,3)4)24-22(26)19-8-7-9-21(16-19)25-14-5-6-15-29(25,27)28/h7-13,16-17H,5-6,14-15H2,1-4H3,(H,24,26)/t17-/m1/s1. The number of nitrogens with one attached hydrogen (secondary N) is 1. The third-order valence-electron chi connectivity index (χ3n) is 5.37. The first-order valence-electron chi connectivity index (χ1n) is 10.1. The molecule has 1 heterocycles. The van der Waals surface area contributed by atoms with Crippen LogP contribution in [0.2, 0.25) is 0 Å². The number of amides is 1. The molecule has 0 aliphatic carbocycles. The van der Waals surface area contributed by atoms with E-state index < -0.39 is 10.0 Å². The van der Waals surface area contributed by atoms with Gasteiger partial charge in [0.25, 0.3) is 5.91 Å². The van der Waals surface area contributed by atoms with Gasteiger partial charge in [-0.05, 0) is 54.5 Å². The quantitative estimate of drug-likeness (QED) is 0.806. The first-order chi connectivity index (χ1) is 13.6. The zero-order chi connectivity index (χ0) is 21.2. The SMILES string of the molecule is C[C@@H](NC(=O)c1cccc(N2CCCCS2(=O)=O)c1)c1ccc(C(C)(C)C)cc1. The molecule has 0 radical (unpaired) electrons. The zero-order valence-electron chi connectivity index (χ0n) is 17.6. The number of rotatable bonds is 4. The Kier molecular flexibility index (Phi) is 6.03. The van der Waals surface area contributed by atoms with Gasteiger partial charge in [-0.25, -0.2) is 8.42 Å². The van der Waals surface area contributed by atoms with Crippen molar-refractivity contribution in [2.45, 2.75) is 52.0 Å². The second-order valence-corrected chi connectivity index (χ2v) is 10.7. The number of hydrogen-bond acceptors (Lipinski definition) is 3. The Morgan fingerprint density at radius 2 is 1.76 bits per heavy atom. The molecule has 0 bridgehead atoms. The summed E-state index contributed by atoms with van der Waals surface area (Å²) in [7, 11) is -3.30. The van der Waals surface area contributed by atoms with E-state index in [0.29, 0.717) is 24.2 Å². The number of sulfonamides is 1. The van der Waals surface area contributed by atoms with E-state index in [1.54, 1.807) is 24.3 Å². The highest BCUT2D eigenvalue weighted by Gasteiger charge is 2.26. The van der Waals surface area contributed by atoms with Gasteiger partial charge in [0.2, 0.25) is 10.0 Å². The molecule has 0 unspecified atom stereocenters. The van der Waals surface area contributed by atoms with Gasteiger partial charge >= 0.3 is 0 Å². The van der Waals surface area contributed by atoms with Crippen molar-refractivity contribution in [1.29, 1.82) is 0 Å². The number of carbonyl (C=O) groups excluding carboxylic acids is 1. The van der Waals surface area contributed by atoms with Crippen LogP contribution in [0.4, 0.5) is 5.69 Å². The molecule has 5 nitrogen and oxygen atoms in total. The van der Waals surface area contributed by atoms with Crippen LogP contribution in [-0.4, -0.2) is 26.6 Å². The van der Waals surface area contributed by atoms with Crippen molar-refractivity contribution in [3.05, 3.63) is 65.2 Å². The minimum Gasteiger partial charge on any atom is -0.346 e. The summed E-state index contributed by atoms with van der Waals surface area (Å²) >= 11 is 0. The smallest absolute Gasteiger partial charge is 0.251 e. The van der Waals surface area contributed by atoms with Crippen molar-refractivity contribution in [3.63, 3.8) is 0 Å². The van der Waals surface area contributed by atoms with Crippen LogP contribution in [-0.2, 0) is 15.4 Å². The predicted molar refractivity (Wildman–Crippen MR) is 118 cm³/mol. The summed E-state index contributed by atoms with van der Waals surface area (Å²) in [5.74, 6) is -0.0565. The summed E-state index contributed by atoms with van der Waals surface area (Å²) in [4.78, 5) is 12.8. The van der Waals surface area contributed by atoms with E-state index in [2.05, 4.69) is 38.2 Å². The highest BCUT2D eigenvalue weighted by molar-refractivity contribution is 7.92. The molecule has 1 saturated heterocycles. The van der Waals surface area contributed by atoms with E-state index in [1.165, 1.54) is 9.87 Å². The Labute approximate surface area is 174 Å². The summed E-state index contributed by atoms with van der Waals surface area (Å²) in [6.45, 7) is 8.92. The summed E-state index contributed by atoms with van der Waals surface area (Å²) in [6.07, 6.45) is 1.52. The van der Waals surface area contributed by atoms with E-state index in [-0.39, 0.29) is 23.1 Å². The van der Waals surface area contributed by atoms with E-state index in [1.807, 2.05) is 19.1 Å². The molecule has 0 spiro atoms. The van der Waals surface area contributed by atoms with Gasteiger partial charge in [-0.15, -0.1) is 0 Å². The number of carbonyl (C=O) groups is 1. The van der Waals surface area contributed by atoms with Gasteiger partial charge in [0.05, 0.1) is 17.5 Å². The first kappa shape index (κ1) is 21.4. The molecule has 29 heavy (non-hydrogen) atoms. The van der Waals surface area contributed by atoms with Crippen molar-refractivity contribution in [3.8, 4) is 0 Å². The maximum atomic E-state index is 12.8. The molecular weight excluding hydrogens is 384 g/mol. The van der Waals surface area contributed by atoms with Crippen molar-refractivity contribution in [2.24, 2.45) is 0 Å². The Bertz CT molecular complexity index is 976. The second-order valence-electron chi connectivity index (χ2n) is 8.71. The van der Waals surface area contributed by atoms with Crippen LogP contribution >= 0.6 is 0 Å².